The van der Waals surface area contributed by atoms with Gasteiger partial charge in [-0.3, -0.25) is 4.79 Å². The maximum absolute atomic E-state index is 11.5. The number of halogens is 1. The molecule has 0 aliphatic carbocycles. The largest absolute Gasteiger partial charge is 0.322 e. The van der Waals surface area contributed by atoms with E-state index >= 15 is 0 Å². The summed E-state index contributed by atoms with van der Waals surface area (Å²) in [5.74, 6) is -0.153. The SMILES string of the molecule is CC=CC(=O)Nc1cccc(Sc2ccnc(Cl)n2)c1. The Morgan fingerprint density at radius 1 is 1.40 bits per heavy atom. The minimum absolute atomic E-state index is 0.153. The van der Waals surface area contributed by atoms with Gasteiger partial charge in [-0.1, -0.05) is 23.9 Å². The van der Waals surface area contributed by atoms with Crippen LogP contribution in [-0.4, -0.2) is 15.9 Å². The lowest BCUT2D eigenvalue weighted by Crippen LogP contribution is -2.07. The van der Waals surface area contributed by atoms with Crippen LogP contribution in [0.25, 0.3) is 0 Å². The van der Waals surface area contributed by atoms with Gasteiger partial charge in [0, 0.05) is 16.8 Å². The average Bonchev–Trinajstić information content (AvgIpc) is 2.39. The second kappa shape index (κ2) is 7.07. The summed E-state index contributed by atoms with van der Waals surface area (Å²) in [6.45, 7) is 1.80. The summed E-state index contributed by atoms with van der Waals surface area (Å²) in [5.41, 5.74) is 0.734. The summed E-state index contributed by atoms with van der Waals surface area (Å²) in [6.07, 6.45) is 4.77. The van der Waals surface area contributed by atoms with Gasteiger partial charge in [0.15, 0.2) is 0 Å². The normalized spacial score (nSPS) is 10.7. The van der Waals surface area contributed by atoms with Crippen LogP contribution in [0.5, 0.6) is 0 Å². The standard InChI is InChI=1S/C14H12ClN3OS/c1-2-4-12(19)17-10-5-3-6-11(9-10)20-13-7-8-16-14(15)18-13/h2-9H,1H3,(H,17,19). The summed E-state index contributed by atoms with van der Waals surface area (Å²) in [5, 5.41) is 3.75. The first-order chi connectivity index (χ1) is 9.67. The smallest absolute Gasteiger partial charge is 0.248 e. The van der Waals surface area contributed by atoms with Gasteiger partial charge in [-0.2, -0.15) is 0 Å². The molecule has 0 saturated heterocycles. The van der Waals surface area contributed by atoms with Gasteiger partial charge in [-0.25, -0.2) is 9.97 Å². The van der Waals surface area contributed by atoms with Crippen molar-refractivity contribution >= 4 is 35.0 Å². The van der Waals surface area contributed by atoms with E-state index in [1.54, 1.807) is 25.3 Å². The van der Waals surface area contributed by atoms with Crippen LogP contribution >= 0.6 is 23.4 Å². The van der Waals surface area contributed by atoms with E-state index in [-0.39, 0.29) is 11.2 Å². The predicted octanol–water partition coefficient (Wildman–Crippen LogP) is 3.80. The van der Waals surface area contributed by atoms with E-state index in [2.05, 4.69) is 15.3 Å². The van der Waals surface area contributed by atoms with Gasteiger partial charge < -0.3 is 5.32 Å². The minimum atomic E-state index is -0.153. The van der Waals surface area contributed by atoms with Gasteiger partial charge in [0.2, 0.25) is 11.2 Å². The van der Waals surface area contributed by atoms with Gasteiger partial charge in [0.1, 0.15) is 5.03 Å². The van der Waals surface area contributed by atoms with Crippen molar-refractivity contribution in [3.05, 3.63) is 54.0 Å². The molecule has 0 fully saturated rings. The zero-order chi connectivity index (χ0) is 14.4. The second-order valence-electron chi connectivity index (χ2n) is 3.78. The summed E-state index contributed by atoms with van der Waals surface area (Å²) < 4.78 is 0. The van der Waals surface area contributed by atoms with Crippen LogP contribution in [0, 0.1) is 0 Å². The molecule has 1 amide bonds. The monoisotopic (exact) mass is 305 g/mol. The molecule has 1 heterocycles. The first-order valence-corrected chi connectivity index (χ1v) is 7.07. The van der Waals surface area contributed by atoms with Crippen LogP contribution in [0.2, 0.25) is 5.28 Å². The molecule has 1 aromatic heterocycles. The van der Waals surface area contributed by atoms with Gasteiger partial charge in [-0.15, -0.1) is 0 Å². The van der Waals surface area contributed by atoms with Crippen LogP contribution in [0.4, 0.5) is 5.69 Å². The molecule has 1 aromatic carbocycles. The number of rotatable bonds is 4. The first-order valence-electron chi connectivity index (χ1n) is 5.87. The Labute approximate surface area is 126 Å². The molecule has 1 N–H and O–H groups in total. The third-order valence-corrected chi connectivity index (χ3v) is 3.35. The van der Waals surface area contributed by atoms with E-state index in [0.29, 0.717) is 0 Å². The number of nitrogens with one attached hydrogen (secondary N) is 1. The molecule has 0 atom stereocenters. The van der Waals surface area contributed by atoms with Crippen LogP contribution in [0.1, 0.15) is 6.92 Å². The van der Waals surface area contributed by atoms with Crippen LogP contribution < -0.4 is 5.32 Å². The Balaban J connectivity index is 2.11. The number of hydrogen-bond acceptors (Lipinski definition) is 4. The summed E-state index contributed by atoms with van der Waals surface area (Å²) in [6, 6.07) is 9.30. The number of carbonyl (C=O) groups is 1. The van der Waals surface area contributed by atoms with E-state index in [1.807, 2.05) is 24.3 Å². The van der Waals surface area contributed by atoms with E-state index in [0.717, 1.165) is 15.6 Å². The Morgan fingerprint density at radius 2 is 2.25 bits per heavy atom. The van der Waals surface area contributed by atoms with Crippen molar-refractivity contribution < 1.29 is 4.79 Å². The van der Waals surface area contributed by atoms with Crippen molar-refractivity contribution in [2.75, 3.05) is 5.32 Å². The highest BCUT2D eigenvalue weighted by molar-refractivity contribution is 7.99. The summed E-state index contributed by atoms with van der Waals surface area (Å²) >= 11 is 7.20. The molecule has 0 saturated carbocycles. The molecule has 0 aliphatic rings. The van der Waals surface area contributed by atoms with Crippen molar-refractivity contribution in [3.8, 4) is 0 Å². The van der Waals surface area contributed by atoms with E-state index in [4.69, 9.17) is 11.6 Å². The number of benzene rings is 1. The molecule has 102 valence electrons. The molecule has 0 bridgehead atoms. The molecule has 2 aromatic rings. The van der Waals surface area contributed by atoms with Crippen LogP contribution in [0.3, 0.4) is 0 Å². The van der Waals surface area contributed by atoms with E-state index < -0.39 is 0 Å². The summed E-state index contributed by atoms with van der Waals surface area (Å²) in [4.78, 5) is 20.4. The Morgan fingerprint density at radius 3 is 3.00 bits per heavy atom. The fraction of sp³-hybridized carbons (Fsp3) is 0.0714. The van der Waals surface area contributed by atoms with Crippen LogP contribution in [-0.2, 0) is 4.79 Å². The molecule has 0 spiro atoms. The fourth-order valence-corrected chi connectivity index (χ4v) is 2.50. The van der Waals surface area contributed by atoms with Gasteiger partial charge in [-0.05, 0) is 48.9 Å². The van der Waals surface area contributed by atoms with Gasteiger partial charge in [0.05, 0.1) is 0 Å². The first kappa shape index (κ1) is 14.6. The van der Waals surface area contributed by atoms with Crippen molar-refractivity contribution in [1.29, 1.82) is 0 Å². The lowest BCUT2D eigenvalue weighted by molar-refractivity contribution is -0.111. The maximum Gasteiger partial charge on any atom is 0.248 e. The topological polar surface area (TPSA) is 54.9 Å². The van der Waals surface area contributed by atoms with Gasteiger partial charge >= 0.3 is 0 Å². The van der Waals surface area contributed by atoms with Crippen molar-refractivity contribution in [3.63, 3.8) is 0 Å². The number of anilines is 1. The van der Waals surface area contributed by atoms with Crippen molar-refractivity contribution in [2.24, 2.45) is 0 Å². The Bertz CT molecular complexity index is 646. The molecule has 6 heteroatoms. The second-order valence-corrected chi connectivity index (χ2v) is 5.21. The molecule has 0 radical (unpaired) electrons. The number of hydrogen-bond donors (Lipinski definition) is 1. The average molecular weight is 306 g/mol. The third-order valence-electron chi connectivity index (χ3n) is 2.24. The van der Waals surface area contributed by atoms with Crippen molar-refractivity contribution in [2.45, 2.75) is 16.8 Å². The highest BCUT2D eigenvalue weighted by Gasteiger charge is 2.03. The molecule has 0 aliphatic heterocycles. The van der Waals surface area contributed by atoms with Crippen LogP contribution in [0.15, 0.2) is 58.6 Å². The maximum atomic E-state index is 11.5. The van der Waals surface area contributed by atoms with Crippen molar-refractivity contribution in [1.82, 2.24) is 9.97 Å². The lowest BCUT2D eigenvalue weighted by atomic mass is 10.3. The third kappa shape index (κ3) is 4.36. The Kier molecular flexibility index (Phi) is 5.15. The highest BCUT2D eigenvalue weighted by atomic mass is 35.5. The molecule has 2 rings (SSSR count). The highest BCUT2D eigenvalue weighted by Crippen LogP contribution is 2.28. The molecule has 4 nitrogen and oxygen atoms in total. The fourth-order valence-electron chi connectivity index (χ4n) is 1.47. The molecule has 20 heavy (non-hydrogen) atoms. The predicted molar refractivity (Wildman–Crippen MR) is 81.1 cm³/mol. The minimum Gasteiger partial charge on any atom is -0.322 e. The number of allylic oxidation sites excluding steroid dienone is 1. The Hall–Kier alpha value is -1.85. The van der Waals surface area contributed by atoms with Gasteiger partial charge in [0.25, 0.3) is 0 Å². The zero-order valence-corrected chi connectivity index (χ0v) is 12.3. The molecule has 0 unspecified atom stereocenters. The molecular formula is C14H12ClN3OS. The number of amides is 1. The number of aromatic nitrogens is 2. The number of carbonyl (C=O) groups excluding carboxylic acids is 1. The van der Waals surface area contributed by atoms with E-state index in [9.17, 15) is 4.79 Å². The van der Waals surface area contributed by atoms with E-state index in [1.165, 1.54) is 17.8 Å². The number of nitrogens with zero attached hydrogens (tertiary/aromatic N) is 2. The summed E-state index contributed by atoms with van der Waals surface area (Å²) in [7, 11) is 0. The molecular weight excluding hydrogens is 294 g/mol. The quantitative estimate of drug-likeness (QED) is 0.530. The zero-order valence-electron chi connectivity index (χ0n) is 10.7. The lowest BCUT2D eigenvalue weighted by Gasteiger charge is -2.05.